The monoisotopic (exact) mass is 690 g/mol. The van der Waals surface area contributed by atoms with Crippen LogP contribution < -0.4 is 26.0 Å². The maximum Gasteiger partial charge on any atom is 0.324 e. The first kappa shape index (κ1) is 36.1. The van der Waals surface area contributed by atoms with Gasteiger partial charge in [-0.05, 0) is 54.1 Å². The van der Waals surface area contributed by atoms with Crippen molar-refractivity contribution in [2.45, 2.75) is 32.6 Å². The fourth-order valence-electron chi connectivity index (χ4n) is 5.27. The lowest BCUT2D eigenvalue weighted by Crippen LogP contribution is -2.44. The van der Waals surface area contributed by atoms with Crippen LogP contribution in [0.3, 0.4) is 0 Å². The third kappa shape index (κ3) is 9.06. The van der Waals surface area contributed by atoms with Crippen LogP contribution in [0.25, 0.3) is 16.5 Å². The van der Waals surface area contributed by atoms with Crippen molar-refractivity contribution in [3.05, 3.63) is 108 Å². The van der Waals surface area contributed by atoms with Crippen LogP contribution in [0, 0.1) is 0 Å². The van der Waals surface area contributed by atoms with Crippen molar-refractivity contribution in [2.75, 3.05) is 44.4 Å². The number of anilines is 2. The van der Waals surface area contributed by atoms with Gasteiger partial charge in [-0.15, -0.1) is 0 Å². The van der Waals surface area contributed by atoms with E-state index < -0.39 is 23.8 Å². The minimum atomic E-state index is -0.486. The molecule has 0 saturated carbocycles. The predicted molar refractivity (Wildman–Crippen MR) is 196 cm³/mol. The number of fused-ring (bicyclic) bond motifs is 1. The maximum atomic E-state index is 13.5. The minimum Gasteiger partial charge on any atom is -0.493 e. The molecule has 0 bridgehead atoms. The standard InChI is InChI=1S/C38H42N8O5/c1-38(2,3)32-22-33(46(44-32)27-12-10-26(11-13-27)36(49)45(23-34(47)39-4)24-35(48)40-5)43-37(50)42-30-14-15-31(29-9-7-6-8-28(29)30)51-21-18-25-16-19-41-20-17-25/h6-17,19-20,22H,18,21,23-24H2,1-5H3,(H,39,47)(H,40,48)(H2,42,43,50). The van der Waals surface area contributed by atoms with Gasteiger partial charge in [0.15, 0.2) is 0 Å². The van der Waals surface area contributed by atoms with Crippen molar-refractivity contribution in [1.29, 1.82) is 0 Å². The number of ether oxygens (including phenoxy) is 1. The molecule has 0 spiro atoms. The fraction of sp³-hybridized carbons (Fsp3) is 0.263. The Labute approximate surface area is 296 Å². The number of rotatable bonds is 12. The number of amides is 5. The highest BCUT2D eigenvalue weighted by atomic mass is 16.5. The molecule has 0 aliphatic carbocycles. The summed E-state index contributed by atoms with van der Waals surface area (Å²) in [6.45, 7) is 5.99. The zero-order chi connectivity index (χ0) is 36.5. The highest BCUT2D eigenvalue weighted by Crippen LogP contribution is 2.32. The van der Waals surface area contributed by atoms with Gasteiger partial charge in [-0.1, -0.05) is 45.0 Å². The molecule has 0 atom stereocenters. The lowest BCUT2D eigenvalue weighted by molar-refractivity contribution is -0.123. The van der Waals surface area contributed by atoms with Crippen molar-refractivity contribution in [3.63, 3.8) is 0 Å². The zero-order valence-electron chi connectivity index (χ0n) is 29.3. The lowest BCUT2D eigenvalue weighted by Gasteiger charge is -2.21. The van der Waals surface area contributed by atoms with Gasteiger partial charge in [-0.25, -0.2) is 9.48 Å². The van der Waals surface area contributed by atoms with E-state index in [-0.39, 0.29) is 24.1 Å². The number of likely N-dealkylation sites (N-methyl/N-ethyl adjacent to an activating group) is 2. The predicted octanol–water partition coefficient (Wildman–Crippen LogP) is 4.92. The number of carbonyl (C=O) groups excluding carboxylic acids is 4. The van der Waals surface area contributed by atoms with Crippen LogP contribution in [0.15, 0.2) is 91.3 Å². The highest BCUT2D eigenvalue weighted by molar-refractivity contribution is 6.07. The Morgan fingerprint density at radius 1 is 0.804 bits per heavy atom. The Kier molecular flexibility index (Phi) is 11.3. The number of hydrogen-bond acceptors (Lipinski definition) is 7. The fourth-order valence-corrected chi connectivity index (χ4v) is 5.27. The van der Waals surface area contributed by atoms with E-state index in [9.17, 15) is 19.2 Å². The summed E-state index contributed by atoms with van der Waals surface area (Å²) in [6.07, 6.45) is 4.25. The Bertz CT molecular complexity index is 2000. The van der Waals surface area contributed by atoms with Crippen molar-refractivity contribution in [3.8, 4) is 11.4 Å². The topological polar surface area (TPSA) is 160 Å². The second-order valence-corrected chi connectivity index (χ2v) is 12.8. The molecule has 5 rings (SSSR count). The number of pyridine rings is 1. The second-order valence-electron chi connectivity index (χ2n) is 12.8. The number of aromatic nitrogens is 3. The van der Waals surface area contributed by atoms with Crippen molar-refractivity contribution >= 4 is 46.0 Å². The second kappa shape index (κ2) is 16.0. The van der Waals surface area contributed by atoms with Gasteiger partial charge in [0, 0.05) is 60.7 Å². The molecule has 3 aromatic carbocycles. The largest absolute Gasteiger partial charge is 0.493 e. The molecule has 0 radical (unpaired) electrons. The van der Waals surface area contributed by atoms with E-state index in [1.807, 2.05) is 75.4 Å². The van der Waals surface area contributed by atoms with Crippen molar-refractivity contribution in [2.24, 2.45) is 0 Å². The van der Waals surface area contributed by atoms with Gasteiger partial charge in [-0.2, -0.15) is 5.10 Å². The summed E-state index contributed by atoms with van der Waals surface area (Å²) in [5.74, 6) is -0.167. The van der Waals surface area contributed by atoms with Crippen LogP contribution in [-0.2, 0) is 21.4 Å². The summed E-state index contributed by atoms with van der Waals surface area (Å²) in [5.41, 5.74) is 2.99. The highest BCUT2D eigenvalue weighted by Gasteiger charge is 2.24. The van der Waals surface area contributed by atoms with Crippen LogP contribution in [0.2, 0.25) is 0 Å². The number of benzene rings is 3. The van der Waals surface area contributed by atoms with Crippen molar-refractivity contribution < 1.29 is 23.9 Å². The van der Waals surface area contributed by atoms with E-state index in [0.29, 0.717) is 29.5 Å². The molecular weight excluding hydrogens is 648 g/mol. The van der Waals surface area contributed by atoms with E-state index in [1.54, 1.807) is 41.3 Å². The molecule has 2 heterocycles. The SMILES string of the molecule is CNC(=O)CN(CC(=O)NC)C(=O)c1ccc(-n2nc(C(C)(C)C)cc2NC(=O)Nc2ccc(OCCc3ccncc3)c3ccccc23)cc1. The molecule has 0 aliphatic heterocycles. The summed E-state index contributed by atoms with van der Waals surface area (Å²) in [6, 6.07) is 23.2. The van der Waals surface area contributed by atoms with Gasteiger partial charge in [0.1, 0.15) is 24.7 Å². The number of hydrogen-bond donors (Lipinski definition) is 4. The summed E-state index contributed by atoms with van der Waals surface area (Å²) in [5, 5.41) is 17.3. The van der Waals surface area contributed by atoms with E-state index in [4.69, 9.17) is 9.84 Å². The van der Waals surface area contributed by atoms with E-state index in [2.05, 4.69) is 26.3 Å². The van der Waals surface area contributed by atoms with Gasteiger partial charge >= 0.3 is 6.03 Å². The van der Waals surface area contributed by atoms with Gasteiger partial charge < -0.3 is 25.6 Å². The Morgan fingerprint density at radius 2 is 1.45 bits per heavy atom. The van der Waals surface area contributed by atoms with Crippen molar-refractivity contribution in [1.82, 2.24) is 30.3 Å². The molecule has 0 fully saturated rings. The Hall–Kier alpha value is -6.24. The average Bonchev–Trinajstić information content (AvgIpc) is 3.56. The molecular formula is C38H42N8O5. The summed E-state index contributed by atoms with van der Waals surface area (Å²) < 4.78 is 7.73. The normalized spacial score (nSPS) is 11.1. The lowest BCUT2D eigenvalue weighted by atomic mass is 9.92. The Morgan fingerprint density at radius 3 is 2.08 bits per heavy atom. The molecule has 51 heavy (non-hydrogen) atoms. The summed E-state index contributed by atoms with van der Waals surface area (Å²) in [4.78, 5) is 56.2. The van der Waals surface area contributed by atoms with Gasteiger partial charge in [0.2, 0.25) is 11.8 Å². The number of nitrogens with zero attached hydrogens (tertiary/aromatic N) is 4. The number of urea groups is 1. The zero-order valence-corrected chi connectivity index (χ0v) is 29.3. The first-order valence-corrected chi connectivity index (χ1v) is 16.5. The van der Waals surface area contributed by atoms with Crippen LogP contribution >= 0.6 is 0 Å². The maximum absolute atomic E-state index is 13.5. The first-order valence-electron chi connectivity index (χ1n) is 16.5. The number of carbonyl (C=O) groups is 4. The van der Waals surface area contributed by atoms with Gasteiger partial charge in [0.25, 0.3) is 5.91 Å². The molecule has 5 amide bonds. The van der Waals surface area contributed by atoms with Gasteiger partial charge in [0.05, 0.1) is 23.7 Å². The quantitative estimate of drug-likeness (QED) is 0.145. The smallest absolute Gasteiger partial charge is 0.324 e. The molecule has 264 valence electrons. The van der Waals surface area contributed by atoms with Crippen LogP contribution in [-0.4, -0.2) is 77.2 Å². The number of nitrogens with one attached hydrogen (secondary N) is 4. The molecule has 5 aromatic rings. The van der Waals surface area contributed by atoms with Crippen LogP contribution in [0.4, 0.5) is 16.3 Å². The molecule has 4 N–H and O–H groups in total. The molecule has 0 unspecified atom stereocenters. The third-order valence-corrected chi connectivity index (χ3v) is 8.12. The van der Waals surface area contributed by atoms with Crippen LogP contribution in [0.1, 0.15) is 42.4 Å². The van der Waals surface area contributed by atoms with Crippen LogP contribution in [0.5, 0.6) is 5.75 Å². The van der Waals surface area contributed by atoms with E-state index in [1.165, 1.54) is 19.0 Å². The molecule has 0 saturated heterocycles. The summed E-state index contributed by atoms with van der Waals surface area (Å²) in [7, 11) is 2.92. The summed E-state index contributed by atoms with van der Waals surface area (Å²) >= 11 is 0. The van der Waals surface area contributed by atoms with Gasteiger partial charge in [-0.3, -0.25) is 24.7 Å². The van der Waals surface area contributed by atoms with E-state index in [0.717, 1.165) is 28.5 Å². The molecule has 0 aliphatic rings. The average molecular weight is 691 g/mol. The Balaban J connectivity index is 1.35. The first-order chi connectivity index (χ1) is 24.5. The molecule has 13 nitrogen and oxygen atoms in total. The minimum absolute atomic E-state index is 0.277. The molecule has 13 heteroatoms. The molecule has 2 aromatic heterocycles. The van der Waals surface area contributed by atoms with E-state index >= 15 is 0 Å². The third-order valence-electron chi connectivity index (χ3n) is 8.12.